The van der Waals surface area contributed by atoms with Gasteiger partial charge < -0.3 is 19.9 Å². The number of aliphatic carboxylic acids is 1. The molecular weight excluding hydrogens is 238 g/mol. The van der Waals surface area contributed by atoms with Crippen molar-refractivity contribution in [3.05, 3.63) is 0 Å². The highest BCUT2D eigenvalue weighted by Crippen LogP contribution is 2.13. The van der Waals surface area contributed by atoms with E-state index in [1.54, 1.807) is 0 Å². The fraction of sp³-hybridized carbons (Fsp3) is 0.833. The molecule has 2 N–H and O–H groups in total. The minimum atomic E-state index is -0.979. The van der Waals surface area contributed by atoms with Gasteiger partial charge in [0.15, 0.2) is 6.29 Å². The second-order valence-electron chi connectivity index (χ2n) is 4.40. The fourth-order valence-electron chi connectivity index (χ4n) is 1.91. The molecule has 0 spiro atoms. The fourth-order valence-corrected chi connectivity index (χ4v) is 1.91. The Bertz CT molecular complexity index is 276. The zero-order valence-electron chi connectivity index (χ0n) is 10.7. The van der Waals surface area contributed by atoms with Crippen LogP contribution in [0.1, 0.15) is 39.0 Å². The van der Waals surface area contributed by atoms with Gasteiger partial charge in [0.2, 0.25) is 5.91 Å². The normalized spacial score (nSPS) is 17.6. The SMILES string of the molecule is CC(=O)NC(CCCCCC1OCCO1)C(=O)O. The van der Waals surface area contributed by atoms with E-state index < -0.39 is 12.0 Å². The Morgan fingerprint density at radius 3 is 2.50 bits per heavy atom. The van der Waals surface area contributed by atoms with Crippen LogP contribution in [0.15, 0.2) is 0 Å². The first-order valence-electron chi connectivity index (χ1n) is 6.32. The van der Waals surface area contributed by atoms with Crippen LogP contribution in [0.3, 0.4) is 0 Å². The predicted octanol–water partition coefficient (Wildman–Crippen LogP) is 0.899. The molecule has 1 rings (SSSR count). The lowest BCUT2D eigenvalue weighted by Crippen LogP contribution is -2.39. The van der Waals surface area contributed by atoms with E-state index in [1.807, 2.05) is 0 Å². The van der Waals surface area contributed by atoms with Gasteiger partial charge in [0, 0.05) is 6.92 Å². The van der Waals surface area contributed by atoms with Gasteiger partial charge in [-0.3, -0.25) is 4.79 Å². The topological polar surface area (TPSA) is 84.9 Å². The van der Waals surface area contributed by atoms with Gasteiger partial charge in [0.05, 0.1) is 13.2 Å². The van der Waals surface area contributed by atoms with E-state index in [0.29, 0.717) is 19.6 Å². The van der Waals surface area contributed by atoms with Gasteiger partial charge in [-0.25, -0.2) is 4.79 Å². The molecule has 0 bridgehead atoms. The molecule has 0 aromatic heterocycles. The summed E-state index contributed by atoms with van der Waals surface area (Å²) < 4.78 is 10.6. The summed E-state index contributed by atoms with van der Waals surface area (Å²) >= 11 is 0. The Morgan fingerprint density at radius 1 is 1.28 bits per heavy atom. The van der Waals surface area contributed by atoms with Crippen LogP contribution in [0.5, 0.6) is 0 Å². The van der Waals surface area contributed by atoms with E-state index in [-0.39, 0.29) is 12.2 Å². The molecule has 0 aromatic rings. The van der Waals surface area contributed by atoms with Crippen molar-refractivity contribution in [1.82, 2.24) is 5.32 Å². The molecule has 1 unspecified atom stereocenters. The molecule has 1 amide bonds. The van der Waals surface area contributed by atoms with Crippen molar-refractivity contribution >= 4 is 11.9 Å². The van der Waals surface area contributed by atoms with Gasteiger partial charge in [-0.05, 0) is 19.3 Å². The second-order valence-corrected chi connectivity index (χ2v) is 4.40. The Kier molecular flexibility index (Phi) is 6.67. The number of amides is 1. The van der Waals surface area contributed by atoms with Crippen LogP contribution in [-0.2, 0) is 19.1 Å². The van der Waals surface area contributed by atoms with Gasteiger partial charge in [0.25, 0.3) is 0 Å². The van der Waals surface area contributed by atoms with E-state index in [1.165, 1.54) is 6.92 Å². The number of unbranched alkanes of at least 4 members (excludes halogenated alkanes) is 2. The first-order valence-corrected chi connectivity index (χ1v) is 6.32. The van der Waals surface area contributed by atoms with Crippen molar-refractivity contribution in [3.8, 4) is 0 Å². The molecule has 1 aliphatic rings. The van der Waals surface area contributed by atoms with E-state index >= 15 is 0 Å². The quantitative estimate of drug-likeness (QED) is 0.633. The Morgan fingerprint density at radius 2 is 1.94 bits per heavy atom. The maximum atomic E-state index is 10.9. The third kappa shape index (κ3) is 5.97. The number of nitrogens with one attached hydrogen (secondary N) is 1. The molecule has 6 heteroatoms. The van der Waals surface area contributed by atoms with Gasteiger partial charge in [-0.2, -0.15) is 0 Å². The zero-order chi connectivity index (χ0) is 13.4. The van der Waals surface area contributed by atoms with Crippen LogP contribution in [-0.4, -0.2) is 42.5 Å². The zero-order valence-corrected chi connectivity index (χ0v) is 10.7. The van der Waals surface area contributed by atoms with Gasteiger partial charge in [0.1, 0.15) is 6.04 Å². The third-order valence-corrected chi connectivity index (χ3v) is 2.80. The molecule has 0 aromatic carbocycles. The molecule has 1 aliphatic heterocycles. The van der Waals surface area contributed by atoms with Crippen LogP contribution in [0.4, 0.5) is 0 Å². The average molecular weight is 259 g/mol. The van der Waals surface area contributed by atoms with Gasteiger partial charge >= 0.3 is 5.97 Å². The summed E-state index contributed by atoms with van der Waals surface area (Å²) in [4.78, 5) is 21.7. The van der Waals surface area contributed by atoms with Crippen LogP contribution in [0.25, 0.3) is 0 Å². The van der Waals surface area contributed by atoms with Crippen LogP contribution >= 0.6 is 0 Å². The van der Waals surface area contributed by atoms with Crippen molar-refractivity contribution in [1.29, 1.82) is 0 Å². The summed E-state index contributed by atoms with van der Waals surface area (Å²) in [5, 5.41) is 11.3. The lowest BCUT2D eigenvalue weighted by Gasteiger charge is -2.13. The Hall–Kier alpha value is -1.14. The molecule has 0 aliphatic carbocycles. The van der Waals surface area contributed by atoms with Gasteiger partial charge in [-0.1, -0.05) is 12.8 Å². The number of carbonyl (C=O) groups is 2. The molecule has 18 heavy (non-hydrogen) atoms. The monoisotopic (exact) mass is 259 g/mol. The highest BCUT2D eigenvalue weighted by atomic mass is 16.7. The van der Waals surface area contributed by atoms with Crippen molar-refractivity contribution in [3.63, 3.8) is 0 Å². The minimum absolute atomic E-state index is 0.0874. The van der Waals surface area contributed by atoms with E-state index in [9.17, 15) is 9.59 Å². The van der Waals surface area contributed by atoms with Crippen molar-refractivity contribution in [2.24, 2.45) is 0 Å². The third-order valence-electron chi connectivity index (χ3n) is 2.80. The number of carbonyl (C=O) groups excluding carboxylic acids is 1. The Labute approximate surface area is 107 Å². The summed E-state index contributed by atoms with van der Waals surface area (Å²) in [6, 6.07) is -0.776. The highest BCUT2D eigenvalue weighted by molar-refractivity contribution is 5.81. The van der Waals surface area contributed by atoms with E-state index in [4.69, 9.17) is 14.6 Å². The molecule has 1 heterocycles. The highest BCUT2D eigenvalue weighted by Gasteiger charge is 2.18. The maximum Gasteiger partial charge on any atom is 0.326 e. The maximum absolute atomic E-state index is 10.9. The lowest BCUT2D eigenvalue weighted by molar-refractivity contribution is -0.141. The molecule has 104 valence electrons. The van der Waals surface area contributed by atoms with Crippen molar-refractivity contribution in [2.75, 3.05) is 13.2 Å². The molecule has 0 radical (unpaired) electrons. The Balaban J connectivity index is 2.06. The first-order chi connectivity index (χ1) is 8.59. The number of carboxylic acid groups (broad SMARTS) is 1. The first kappa shape index (κ1) is 14.9. The number of rotatable bonds is 8. The van der Waals surface area contributed by atoms with Crippen molar-refractivity contribution in [2.45, 2.75) is 51.4 Å². The largest absolute Gasteiger partial charge is 0.480 e. The van der Waals surface area contributed by atoms with Gasteiger partial charge in [-0.15, -0.1) is 0 Å². The summed E-state index contributed by atoms with van der Waals surface area (Å²) in [5.74, 6) is -1.29. The second kappa shape index (κ2) is 8.05. The van der Waals surface area contributed by atoms with Crippen LogP contribution in [0.2, 0.25) is 0 Å². The smallest absolute Gasteiger partial charge is 0.326 e. The molecule has 0 saturated carbocycles. The summed E-state index contributed by atoms with van der Waals surface area (Å²) in [6.07, 6.45) is 3.84. The van der Waals surface area contributed by atoms with Crippen molar-refractivity contribution < 1.29 is 24.2 Å². The standard InChI is InChI=1S/C12H21NO5/c1-9(14)13-10(12(15)16)5-3-2-4-6-11-17-7-8-18-11/h10-11H,2-8H2,1H3,(H,13,14)(H,15,16). The summed E-state index contributed by atoms with van der Waals surface area (Å²) in [7, 11) is 0. The average Bonchev–Trinajstić information content (AvgIpc) is 2.79. The lowest BCUT2D eigenvalue weighted by atomic mass is 10.1. The summed E-state index contributed by atoms with van der Waals surface area (Å²) in [5.41, 5.74) is 0. The molecule has 1 saturated heterocycles. The summed E-state index contributed by atoms with van der Waals surface area (Å²) in [6.45, 7) is 2.65. The molecular formula is C12H21NO5. The number of hydrogen-bond acceptors (Lipinski definition) is 4. The molecule has 6 nitrogen and oxygen atoms in total. The minimum Gasteiger partial charge on any atom is -0.480 e. The van der Waals surface area contributed by atoms with Crippen LogP contribution < -0.4 is 5.32 Å². The van der Waals surface area contributed by atoms with Crippen LogP contribution in [0, 0.1) is 0 Å². The molecule has 1 fully saturated rings. The van der Waals surface area contributed by atoms with E-state index in [0.717, 1.165) is 25.7 Å². The molecule has 1 atom stereocenters. The number of hydrogen-bond donors (Lipinski definition) is 2. The predicted molar refractivity (Wildman–Crippen MR) is 64.0 cm³/mol. The number of ether oxygens (including phenoxy) is 2. The van der Waals surface area contributed by atoms with E-state index in [2.05, 4.69) is 5.32 Å². The number of carboxylic acids is 1.